The van der Waals surface area contributed by atoms with E-state index < -0.39 is 0 Å². The Bertz CT molecular complexity index is 1070. The molecule has 1 saturated heterocycles. The van der Waals surface area contributed by atoms with E-state index in [4.69, 9.17) is 9.26 Å². The molecule has 2 aromatic carbocycles. The van der Waals surface area contributed by atoms with Crippen LogP contribution in [0.2, 0.25) is 0 Å². The van der Waals surface area contributed by atoms with Gasteiger partial charge in [0.1, 0.15) is 11.5 Å². The highest BCUT2D eigenvalue weighted by molar-refractivity contribution is 5.91. The maximum absolute atomic E-state index is 12.5. The van der Waals surface area contributed by atoms with E-state index in [-0.39, 0.29) is 18.4 Å². The Morgan fingerprint density at radius 1 is 1.09 bits per heavy atom. The van der Waals surface area contributed by atoms with Crippen molar-refractivity contribution in [1.29, 1.82) is 0 Å². The zero-order valence-electron chi connectivity index (χ0n) is 18.3. The molecule has 0 atom stereocenters. The normalized spacial score (nSPS) is 14.5. The van der Waals surface area contributed by atoms with Crippen molar-refractivity contribution in [3.63, 3.8) is 0 Å². The van der Waals surface area contributed by atoms with Crippen LogP contribution < -0.4 is 10.1 Å². The second kappa shape index (κ2) is 10.3. The van der Waals surface area contributed by atoms with Crippen molar-refractivity contribution < 1.29 is 18.8 Å². The number of fused-ring (bicyclic) bond motifs is 1. The quantitative estimate of drug-likeness (QED) is 0.546. The summed E-state index contributed by atoms with van der Waals surface area (Å²) < 4.78 is 10.9. The van der Waals surface area contributed by atoms with Crippen molar-refractivity contribution in [2.45, 2.75) is 19.8 Å². The summed E-state index contributed by atoms with van der Waals surface area (Å²) in [5, 5.41) is 8.71. The monoisotopic (exact) mass is 436 g/mol. The van der Waals surface area contributed by atoms with E-state index in [2.05, 4.69) is 22.6 Å². The van der Waals surface area contributed by atoms with Crippen LogP contribution in [0.4, 0.5) is 5.82 Å². The summed E-state index contributed by atoms with van der Waals surface area (Å²) in [4.78, 5) is 28.6. The van der Waals surface area contributed by atoms with Crippen LogP contribution in [0.3, 0.4) is 0 Å². The van der Waals surface area contributed by atoms with Gasteiger partial charge in [0.15, 0.2) is 5.82 Å². The molecule has 32 heavy (non-hydrogen) atoms. The number of carbonyl (C=O) groups is 2. The Labute approximate surface area is 187 Å². The SMILES string of the molecule is Cc1cc(NC(=O)CN2CCN(C(=O)CCCOc3cccc4ccccc34)CC2)no1. The fourth-order valence-electron chi connectivity index (χ4n) is 3.85. The molecule has 0 unspecified atom stereocenters. The van der Waals surface area contributed by atoms with Crippen molar-refractivity contribution in [3.05, 3.63) is 54.3 Å². The number of aromatic nitrogens is 1. The molecule has 1 N–H and O–H groups in total. The number of carbonyl (C=O) groups excluding carboxylic acids is 2. The first kappa shape index (κ1) is 21.8. The van der Waals surface area contributed by atoms with Gasteiger partial charge in [-0.3, -0.25) is 14.5 Å². The zero-order valence-corrected chi connectivity index (χ0v) is 18.3. The van der Waals surface area contributed by atoms with Gasteiger partial charge in [-0.2, -0.15) is 0 Å². The molecular weight excluding hydrogens is 408 g/mol. The Balaban J connectivity index is 1.15. The maximum atomic E-state index is 12.5. The number of nitrogens with one attached hydrogen (secondary N) is 1. The van der Waals surface area contributed by atoms with Crippen LogP contribution in [0.15, 0.2) is 53.1 Å². The third-order valence-corrected chi connectivity index (χ3v) is 5.53. The summed E-state index contributed by atoms with van der Waals surface area (Å²) >= 11 is 0. The van der Waals surface area contributed by atoms with E-state index >= 15 is 0 Å². The highest BCUT2D eigenvalue weighted by Gasteiger charge is 2.22. The molecule has 0 radical (unpaired) electrons. The van der Waals surface area contributed by atoms with Gasteiger partial charge in [0, 0.05) is 44.1 Å². The minimum absolute atomic E-state index is 0.133. The van der Waals surface area contributed by atoms with E-state index in [9.17, 15) is 9.59 Å². The molecule has 1 aromatic heterocycles. The standard InChI is InChI=1S/C24H28N4O4/c1-18-16-22(26-32-18)25-23(29)17-27-11-13-28(14-12-27)24(30)10-5-15-31-21-9-4-7-19-6-2-3-8-20(19)21/h2-4,6-9,16H,5,10-15,17H2,1H3,(H,25,26,29). The van der Waals surface area contributed by atoms with Gasteiger partial charge in [-0.1, -0.05) is 41.6 Å². The van der Waals surface area contributed by atoms with Crippen molar-refractivity contribution in [2.24, 2.45) is 0 Å². The van der Waals surface area contributed by atoms with Gasteiger partial charge < -0.3 is 19.5 Å². The van der Waals surface area contributed by atoms with Crippen LogP contribution in [-0.4, -0.2) is 66.1 Å². The lowest BCUT2D eigenvalue weighted by Crippen LogP contribution is -2.50. The van der Waals surface area contributed by atoms with Gasteiger partial charge in [0.25, 0.3) is 0 Å². The molecule has 2 heterocycles. The van der Waals surface area contributed by atoms with Gasteiger partial charge in [0.05, 0.1) is 13.2 Å². The number of nitrogens with zero attached hydrogens (tertiary/aromatic N) is 3. The van der Waals surface area contributed by atoms with Crippen LogP contribution in [0.1, 0.15) is 18.6 Å². The average Bonchev–Trinajstić information content (AvgIpc) is 3.21. The molecule has 168 valence electrons. The fraction of sp³-hybridized carbons (Fsp3) is 0.375. The van der Waals surface area contributed by atoms with E-state index in [0.29, 0.717) is 57.2 Å². The molecule has 1 aliphatic heterocycles. The molecule has 0 saturated carbocycles. The summed E-state index contributed by atoms with van der Waals surface area (Å²) in [6.07, 6.45) is 1.12. The number of hydrogen-bond donors (Lipinski definition) is 1. The van der Waals surface area contributed by atoms with E-state index in [1.54, 1.807) is 13.0 Å². The summed E-state index contributed by atoms with van der Waals surface area (Å²) in [7, 11) is 0. The predicted octanol–water partition coefficient (Wildman–Crippen LogP) is 3.08. The highest BCUT2D eigenvalue weighted by atomic mass is 16.5. The lowest BCUT2D eigenvalue weighted by molar-refractivity contribution is -0.133. The topological polar surface area (TPSA) is 87.9 Å². The molecule has 0 bridgehead atoms. The summed E-state index contributed by atoms with van der Waals surface area (Å²) in [6.45, 7) is 5.13. The van der Waals surface area contributed by atoms with Gasteiger partial charge in [0.2, 0.25) is 11.8 Å². The molecule has 8 heteroatoms. The molecule has 4 rings (SSSR count). The first-order valence-corrected chi connectivity index (χ1v) is 10.9. The highest BCUT2D eigenvalue weighted by Crippen LogP contribution is 2.25. The maximum Gasteiger partial charge on any atom is 0.239 e. The number of benzene rings is 2. The second-order valence-corrected chi connectivity index (χ2v) is 7.96. The fourth-order valence-corrected chi connectivity index (χ4v) is 3.85. The Hall–Kier alpha value is -3.39. The van der Waals surface area contributed by atoms with Gasteiger partial charge >= 0.3 is 0 Å². The molecular formula is C24H28N4O4. The lowest BCUT2D eigenvalue weighted by Gasteiger charge is -2.34. The number of ether oxygens (including phenoxy) is 1. The van der Waals surface area contributed by atoms with Crippen LogP contribution >= 0.6 is 0 Å². The molecule has 8 nitrogen and oxygen atoms in total. The van der Waals surface area contributed by atoms with Crippen molar-refractivity contribution >= 4 is 28.4 Å². The van der Waals surface area contributed by atoms with E-state index in [0.717, 1.165) is 16.5 Å². The third kappa shape index (κ3) is 5.64. The van der Waals surface area contributed by atoms with Crippen molar-refractivity contribution in [1.82, 2.24) is 15.0 Å². The van der Waals surface area contributed by atoms with Crippen LogP contribution in [-0.2, 0) is 9.59 Å². The number of piperazine rings is 1. The van der Waals surface area contributed by atoms with Gasteiger partial charge in [-0.25, -0.2) is 0 Å². The molecule has 1 aliphatic rings. The zero-order chi connectivity index (χ0) is 22.3. The van der Waals surface area contributed by atoms with Crippen molar-refractivity contribution in [2.75, 3.05) is 44.6 Å². The Kier molecular flexibility index (Phi) is 7.01. The summed E-state index contributed by atoms with van der Waals surface area (Å²) in [6, 6.07) is 15.8. The Morgan fingerprint density at radius 2 is 1.88 bits per heavy atom. The lowest BCUT2D eigenvalue weighted by atomic mass is 10.1. The first-order chi connectivity index (χ1) is 15.6. The van der Waals surface area contributed by atoms with Crippen molar-refractivity contribution in [3.8, 4) is 5.75 Å². The number of aryl methyl sites for hydroxylation is 1. The second-order valence-electron chi connectivity index (χ2n) is 7.96. The number of rotatable bonds is 8. The predicted molar refractivity (Wildman–Crippen MR) is 122 cm³/mol. The molecule has 0 spiro atoms. The molecule has 3 aromatic rings. The first-order valence-electron chi connectivity index (χ1n) is 10.9. The van der Waals surface area contributed by atoms with Gasteiger partial charge in [-0.15, -0.1) is 0 Å². The van der Waals surface area contributed by atoms with E-state index in [1.165, 1.54) is 0 Å². The minimum atomic E-state index is -0.135. The molecule has 1 fully saturated rings. The van der Waals surface area contributed by atoms with Gasteiger partial charge in [-0.05, 0) is 24.8 Å². The third-order valence-electron chi connectivity index (χ3n) is 5.53. The van der Waals surface area contributed by atoms with Crippen LogP contribution in [0.25, 0.3) is 10.8 Å². The average molecular weight is 437 g/mol. The molecule has 0 aliphatic carbocycles. The number of amides is 2. The smallest absolute Gasteiger partial charge is 0.239 e. The summed E-state index contributed by atoms with van der Waals surface area (Å²) in [5.74, 6) is 1.92. The number of anilines is 1. The molecule has 2 amide bonds. The largest absolute Gasteiger partial charge is 0.493 e. The van der Waals surface area contributed by atoms with E-state index in [1.807, 2.05) is 40.1 Å². The number of hydrogen-bond acceptors (Lipinski definition) is 6. The summed E-state index contributed by atoms with van der Waals surface area (Å²) in [5.41, 5.74) is 0. The Morgan fingerprint density at radius 3 is 2.66 bits per heavy atom. The minimum Gasteiger partial charge on any atom is -0.493 e. The van der Waals surface area contributed by atoms with Crippen LogP contribution in [0, 0.1) is 6.92 Å². The van der Waals surface area contributed by atoms with Crippen LogP contribution in [0.5, 0.6) is 5.75 Å².